The van der Waals surface area contributed by atoms with Gasteiger partial charge in [-0.05, 0) is 44.9 Å². The molecule has 0 saturated carbocycles. The number of hydrogen-bond donors (Lipinski definition) is 2. The van der Waals surface area contributed by atoms with Gasteiger partial charge in [0.05, 0.1) is 13.2 Å². The minimum Gasteiger partial charge on any atom is -0.462 e. The van der Waals surface area contributed by atoms with Crippen LogP contribution >= 0.6 is 7.82 Å². The second-order valence-electron chi connectivity index (χ2n) is 13.2. The molecule has 0 heterocycles. The Morgan fingerprint density at radius 3 is 1.59 bits per heavy atom. The van der Waals surface area contributed by atoms with Crippen molar-refractivity contribution in [3.05, 3.63) is 24.3 Å². The lowest BCUT2D eigenvalue weighted by atomic mass is 10.0. The Hall–Kier alpha value is -1.51. The standard InChI is InChI=1S/C39H74NO8P/c1-3-5-7-9-11-13-15-17-18-20-22-24-26-28-30-32-39(42)48-37(36-47-49(43,44)46-34-33-40)35-45-38(41)31-29-27-25-23-21-19-16-14-12-10-8-6-4-2/h11,13,17-18,37H,3-10,12,14-16,19-36,40H2,1-2H3,(H,43,44)/b13-11+,18-17+/t37-/m0/s1. The number of carbonyl (C=O) groups excluding carboxylic acids is 2. The Balaban J connectivity index is 4.22. The monoisotopic (exact) mass is 716 g/mol. The molecule has 0 aromatic carbocycles. The normalized spacial score (nSPS) is 13.6. The fraction of sp³-hybridized carbons (Fsp3) is 0.846. The molecule has 0 aromatic heterocycles. The molecule has 49 heavy (non-hydrogen) atoms. The van der Waals surface area contributed by atoms with Crippen LogP contribution in [0.2, 0.25) is 0 Å². The molecule has 0 aliphatic rings. The highest BCUT2D eigenvalue weighted by molar-refractivity contribution is 7.47. The third-order valence-electron chi connectivity index (χ3n) is 8.34. The summed E-state index contributed by atoms with van der Waals surface area (Å²) in [7, 11) is -4.37. The maximum Gasteiger partial charge on any atom is 0.472 e. The lowest BCUT2D eigenvalue weighted by molar-refractivity contribution is -0.161. The lowest BCUT2D eigenvalue weighted by Crippen LogP contribution is -2.29. The van der Waals surface area contributed by atoms with E-state index in [0.29, 0.717) is 6.42 Å². The number of hydrogen-bond acceptors (Lipinski definition) is 8. The second-order valence-corrected chi connectivity index (χ2v) is 14.6. The zero-order valence-corrected chi connectivity index (χ0v) is 32.3. The first-order valence-electron chi connectivity index (χ1n) is 19.8. The largest absolute Gasteiger partial charge is 0.472 e. The fourth-order valence-electron chi connectivity index (χ4n) is 5.37. The van der Waals surface area contributed by atoms with E-state index in [1.54, 1.807) is 0 Å². The number of esters is 2. The van der Waals surface area contributed by atoms with Crippen LogP contribution in [0.3, 0.4) is 0 Å². The third kappa shape index (κ3) is 36.1. The first-order valence-corrected chi connectivity index (χ1v) is 21.3. The van der Waals surface area contributed by atoms with Gasteiger partial charge in [0.15, 0.2) is 6.10 Å². The van der Waals surface area contributed by atoms with Crippen LogP contribution < -0.4 is 5.73 Å². The van der Waals surface area contributed by atoms with Gasteiger partial charge in [-0.2, -0.15) is 0 Å². The van der Waals surface area contributed by atoms with Crippen molar-refractivity contribution in [2.45, 2.75) is 187 Å². The van der Waals surface area contributed by atoms with Crippen molar-refractivity contribution in [1.29, 1.82) is 0 Å². The molecule has 0 amide bonds. The topological polar surface area (TPSA) is 134 Å². The number of rotatable bonds is 37. The van der Waals surface area contributed by atoms with Crippen molar-refractivity contribution in [2.24, 2.45) is 5.73 Å². The molecule has 1 unspecified atom stereocenters. The Morgan fingerprint density at radius 2 is 1.06 bits per heavy atom. The van der Waals surface area contributed by atoms with E-state index in [4.69, 9.17) is 24.3 Å². The number of unbranched alkanes of at least 4 members (excludes halogenated alkanes) is 20. The fourth-order valence-corrected chi connectivity index (χ4v) is 6.13. The predicted octanol–water partition coefficient (Wildman–Crippen LogP) is 10.8. The Kier molecular flexibility index (Phi) is 35.2. The van der Waals surface area contributed by atoms with Crippen LogP contribution in [0.25, 0.3) is 0 Å². The number of phosphoric acid groups is 1. The molecular formula is C39H74NO8P. The van der Waals surface area contributed by atoms with E-state index in [1.807, 2.05) is 0 Å². The quantitative estimate of drug-likeness (QED) is 0.0279. The van der Waals surface area contributed by atoms with Crippen LogP contribution in [0.4, 0.5) is 0 Å². The first kappa shape index (κ1) is 47.5. The number of allylic oxidation sites excluding steroid dienone is 4. The average molecular weight is 716 g/mol. The highest BCUT2D eigenvalue weighted by Gasteiger charge is 2.25. The molecular weight excluding hydrogens is 641 g/mol. The zero-order chi connectivity index (χ0) is 36.1. The molecule has 0 aliphatic carbocycles. The SMILES string of the molecule is CCCCC/C=C/C/C=C/CCCCCCCC(=O)O[C@@H](COC(=O)CCCCCCCCCCCCCCC)COP(=O)(O)OCCN. The number of phosphoric ester groups is 1. The minimum absolute atomic E-state index is 0.0523. The van der Waals surface area contributed by atoms with Crippen molar-refractivity contribution in [3.63, 3.8) is 0 Å². The first-order chi connectivity index (χ1) is 23.8. The molecule has 10 heteroatoms. The summed E-state index contributed by atoms with van der Waals surface area (Å²) in [6.07, 6.45) is 36.3. The van der Waals surface area contributed by atoms with Crippen molar-refractivity contribution >= 4 is 19.8 Å². The van der Waals surface area contributed by atoms with Crippen LogP contribution in [0.1, 0.15) is 181 Å². The number of nitrogens with two attached hydrogens (primary N) is 1. The Bertz CT molecular complexity index is 866. The molecule has 0 spiro atoms. The number of carbonyl (C=O) groups is 2. The molecule has 0 bridgehead atoms. The van der Waals surface area contributed by atoms with E-state index in [0.717, 1.165) is 57.8 Å². The van der Waals surface area contributed by atoms with Crippen LogP contribution in [0.15, 0.2) is 24.3 Å². The van der Waals surface area contributed by atoms with Gasteiger partial charge >= 0.3 is 19.8 Å². The molecule has 0 saturated heterocycles. The van der Waals surface area contributed by atoms with Gasteiger partial charge < -0.3 is 20.1 Å². The van der Waals surface area contributed by atoms with Crippen molar-refractivity contribution in [3.8, 4) is 0 Å². The van der Waals surface area contributed by atoms with Crippen molar-refractivity contribution < 1.29 is 37.6 Å². The van der Waals surface area contributed by atoms with Crippen LogP contribution in [-0.4, -0.2) is 49.3 Å². The summed E-state index contributed by atoms with van der Waals surface area (Å²) >= 11 is 0. The zero-order valence-electron chi connectivity index (χ0n) is 31.4. The molecule has 0 aromatic rings. The van der Waals surface area contributed by atoms with Crippen LogP contribution in [0, 0.1) is 0 Å². The maximum atomic E-state index is 12.5. The molecule has 0 fully saturated rings. The highest BCUT2D eigenvalue weighted by Crippen LogP contribution is 2.43. The van der Waals surface area contributed by atoms with E-state index in [1.165, 1.54) is 89.9 Å². The van der Waals surface area contributed by atoms with Crippen LogP contribution in [-0.2, 0) is 32.7 Å². The molecule has 288 valence electrons. The molecule has 0 radical (unpaired) electrons. The molecule has 2 atom stereocenters. The Labute approximate surface area is 300 Å². The van der Waals surface area contributed by atoms with Gasteiger partial charge in [0, 0.05) is 19.4 Å². The van der Waals surface area contributed by atoms with Crippen LogP contribution in [0.5, 0.6) is 0 Å². The summed E-state index contributed by atoms with van der Waals surface area (Å²) in [5, 5.41) is 0. The molecule has 9 nitrogen and oxygen atoms in total. The summed E-state index contributed by atoms with van der Waals surface area (Å²) in [4.78, 5) is 34.7. The Morgan fingerprint density at radius 1 is 0.612 bits per heavy atom. The van der Waals surface area contributed by atoms with Gasteiger partial charge in [-0.15, -0.1) is 0 Å². The molecule has 3 N–H and O–H groups in total. The highest BCUT2D eigenvalue weighted by atomic mass is 31.2. The van der Waals surface area contributed by atoms with E-state index in [9.17, 15) is 19.0 Å². The van der Waals surface area contributed by atoms with E-state index in [2.05, 4.69) is 38.2 Å². The second kappa shape index (κ2) is 36.3. The summed E-state index contributed by atoms with van der Waals surface area (Å²) in [5.74, 6) is -0.841. The lowest BCUT2D eigenvalue weighted by Gasteiger charge is -2.19. The third-order valence-corrected chi connectivity index (χ3v) is 9.32. The van der Waals surface area contributed by atoms with Gasteiger partial charge in [-0.1, -0.05) is 147 Å². The van der Waals surface area contributed by atoms with Gasteiger partial charge in [0.25, 0.3) is 0 Å². The average Bonchev–Trinajstić information content (AvgIpc) is 3.08. The van der Waals surface area contributed by atoms with E-state index >= 15 is 0 Å². The van der Waals surface area contributed by atoms with E-state index < -0.39 is 26.5 Å². The van der Waals surface area contributed by atoms with E-state index in [-0.39, 0.29) is 38.6 Å². The maximum absolute atomic E-state index is 12.5. The molecule has 0 rings (SSSR count). The van der Waals surface area contributed by atoms with Crippen molar-refractivity contribution in [1.82, 2.24) is 0 Å². The number of ether oxygens (including phenoxy) is 2. The smallest absolute Gasteiger partial charge is 0.462 e. The molecule has 0 aliphatic heterocycles. The summed E-state index contributed by atoms with van der Waals surface area (Å²) < 4.78 is 32.7. The summed E-state index contributed by atoms with van der Waals surface area (Å²) in [6, 6.07) is 0. The summed E-state index contributed by atoms with van der Waals surface area (Å²) in [6.45, 7) is 3.69. The van der Waals surface area contributed by atoms with Gasteiger partial charge in [-0.3, -0.25) is 18.6 Å². The minimum atomic E-state index is -4.37. The predicted molar refractivity (Wildman–Crippen MR) is 201 cm³/mol. The van der Waals surface area contributed by atoms with Crippen molar-refractivity contribution in [2.75, 3.05) is 26.4 Å². The van der Waals surface area contributed by atoms with Gasteiger partial charge in [-0.25, -0.2) is 4.57 Å². The summed E-state index contributed by atoms with van der Waals surface area (Å²) in [5.41, 5.74) is 5.33. The van der Waals surface area contributed by atoms with Gasteiger partial charge in [0.1, 0.15) is 6.61 Å². The van der Waals surface area contributed by atoms with Gasteiger partial charge in [0.2, 0.25) is 0 Å².